The number of halogens is 1. The minimum Gasteiger partial charge on any atom is -0.348 e. The number of nitrogens with zero attached hydrogens (tertiary/aromatic N) is 1. The Kier molecular flexibility index (Phi) is 5.64. The standard InChI is InChI=1S/C20H17ClN2OS/c1-14-18(25-20(23-14)16-8-3-2-4-9-16)13-22-19(24)12-11-15-7-5-6-10-17(15)21/h2-12H,13H2,1H3,(H,22,24)/b12-11+. The summed E-state index contributed by atoms with van der Waals surface area (Å²) in [5, 5.41) is 4.49. The van der Waals surface area contributed by atoms with Crippen molar-refractivity contribution in [1.82, 2.24) is 10.3 Å². The minimum absolute atomic E-state index is 0.158. The zero-order valence-electron chi connectivity index (χ0n) is 13.7. The van der Waals surface area contributed by atoms with Gasteiger partial charge >= 0.3 is 0 Å². The van der Waals surface area contributed by atoms with Crippen molar-refractivity contribution in [2.75, 3.05) is 0 Å². The van der Waals surface area contributed by atoms with Crippen LogP contribution in [0, 0.1) is 6.92 Å². The van der Waals surface area contributed by atoms with E-state index in [1.807, 2.05) is 55.5 Å². The molecule has 1 amide bonds. The molecule has 0 atom stereocenters. The number of thiazole rings is 1. The van der Waals surface area contributed by atoms with Gasteiger partial charge in [0.2, 0.25) is 5.91 Å². The average molecular weight is 369 g/mol. The van der Waals surface area contributed by atoms with Crippen LogP contribution in [0.3, 0.4) is 0 Å². The van der Waals surface area contributed by atoms with Crippen molar-refractivity contribution >= 4 is 34.9 Å². The summed E-state index contributed by atoms with van der Waals surface area (Å²) < 4.78 is 0. The Morgan fingerprint density at radius 2 is 1.88 bits per heavy atom. The topological polar surface area (TPSA) is 42.0 Å². The Hall–Kier alpha value is -2.43. The van der Waals surface area contributed by atoms with Crippen molar-refractivity contribution in [2.45, 2.75) is 13.5 Å². The highest BCUT2D eigenvalue weighted by Crippen LogP contribution is 2.27. The SMILES string of the molecule is Cc1nc(-c2ccccc2)sc1CNC(=O)/C=C/c1ccccc1Cl. The third-order valence-electron chi connectivity index (χ3n) is 3.66. The van der Waals surface area contributed by atoms with Crippen molar-refractivity contribution in [1.29, 1.82) is 0 Å². The average Bonchev–Trinajstić information content (AvgIpc) is 3.01. The van der Waals surface area contributed by atoms with Crippen molar-refractivity contribution in [3.8, 4) is 10.6 Å². The van der Waals surface area contributed by atoms with Crippen molar-refractivity contribution in [3.63, 3.8) is 0 Å². The Morgan fingerprint density at radius 3 is 2.64 bits per heavy atom. The smallest absolute Gasteiger partial charge is 0.244 e. The second-order valence-electron chi connectivity index (χ2n) is 5.47. The molecule has 126 valence electrons. The molecular weight excluding hydrogens is 352 g/mol. The lowest BCUT2D eigenvalue weighted by molar-refractivity contribution is -0.116. The summed E-state index contributed by atoms with van der Waals surface area (Å²) in [6.45, 7) is 2.42. The molecule has 3 aromatic rings. The van der Waals surface area contributed by atoms with Gasteiger partial charge in [-0.15, -0.1) is 11.3 Å². The van der Waals surface area contributed by atoms with Gasteiger partial charge in [0.1, 0.15) is 5.01 Å². The predicted molar refractivity (Wildman–Crippen MR) is 105 cm³/mol. The molecule has 0 unspecified atom stereocenters. The van der Waals surface area contributed by atoms with Gasteiger partial charge in [-0.25, -0.2) is 4.98 Å². The third-order valence-corrected chi connectivity index (χ3v) is 5.21. The summed E-state index contributed by atoms with van der Waals surface area (Å²) in [6.07, 6.45) is 3.21. The van der Waals surface area contributed by atoms with Crippen molar-refractivity contribution in [3.05, 3.63) is 81.8 Å². The van der Waals surface area contributed by atoms with E-state index in [0.717, 1.165) is 26.7 Å². The summed E-state index contributed by atoms with van der Waals surface area (Å²) in [6, 6.07) is 17.4. The zero-order valence-corrected chi connectivity index (χ0v) is 15.3. The predicted octanol–water partition coefficient (Wildman–Crippen LogP) is 5.10. The highest BCUT2D eigenvalue weighted by molar-refractivity contribution is 7.15. The molecule has 0 saturated heterocycles. The number of hydrogen-bond acceptors (Lipinski definition) is 3. The molecule has 0 saturated carbocycles. The number of carbonyl (C=O) groups is 1. The summed E-state index contributed by atoms with van der Waals surface area (Å²) in [5.41, 5.74) is 2.85. The molecular formula is C20H17ClN2OS. The lowest BCUT2D eigenvalue weighted by Gasteiger charge is -2.01. The molecule has 0 spiro atoms. The number of benzene rings is 2. The van der Waals surface area contributed by atoms with E-state index in [-0.39, 0.29) is 5.91 Å². The maximum absolute atomic E-state index is 12.0. The molecule has 25 heavy (non-hydrogen) atoms. The maximum Gasteiger partial charge on any atom is 0.244 e. The van der Waals surface area contributed by atoms with Gasteiger partial charge in [-0.05, 0) is 24.6 Å². The van der Waals surface area contributed by atoms with E-state index in [4.69, 9.17) is 11.6 Å². The summed E-state index contributed by atoms with van der Waals surface area (Å²) in [7, 11) is 0. The molecule has 2 aromatic carbocycles. The fraction of sp³-hybridized carbons (Fsp3) is 0.100. The number of rotatable bonds is 5. The molecule has 0 radical (unpaired) electrons. The number of hydrogen-bond donors (Lipinski definition) is 1. The number of aromatic nitrogens is 1. The maximum atomic E-state index is 12.0. The number of carbonyl (C=O) groups excluding carboxylic acids is 1. The van der Waals surface area contributed by atoms with Gasteiger partial charge in [0.15, 0.2) is 0 Å². The Labute approximate surface area is 156 Å². The van der Waals surface area contributed by atoms with Crippen LogP contribution in [0.2, 0.25) is 5.02 Å². The molecule has 1 heterocycles. The fourth-order valence-electron chi connectivity index (χ4n) is 2.30. The number of nitrogens with one attached hydrogen (secondary N) is 1. The highest BCUT2D eigenvalue weighted by atomic mass is 35.5. The Morgan fingerprint density at radius 1 is 1.16 bits per heavy atom. The van der Waals surface area contributed by atoms with Crippen LogP contribution in [-0.4, -0.2) is 10.9 Å². The Bertz CT molecular complexity index is 903. The normalized spacial score (nSPS) is 11.0. The number of amides is 1. The quantitative estimate of drug-likeness (QED) is 0.636. The van der Waals surface area contributed by atoms with E-state index in [9.17, 15) is 4.79 Å². The van der Waals surface area contributed by atoms with E-state index in [1.165, 1.54) is 6.08 Å². The van der Waals surface area contributed by atoms with Crippen LogP contribution >= 0.6 is 22.9 Å². The molecule has 3 rings (SSSR count). The molecule has 3 nitrogen and oxygen atoms in total. The number of aryl methyl sites for hydroxylation is 1. The lowest BCUT2D eigenvalue weighted by Crippen LogP contribution is -2.20. The fourth-order valence-corrected chi connectivity index (χ4v) is 3.50. The van der Waals surface area contributed by atoms with Gasteiger partial charge in [0.25, 0.3) is 0 Å². The van der Waals surface area contributed by atoms with Gasteiger partial charge < -0.3 is 5.32 Å². The van der Waals surface area contributed by atoms with Gasteiger partial charge in [-0.2, -0.15) is 0 Å². The first-order chi connectivity index (χ1) is 12.1. The first kappa shape index (κ1) is 17.4. The summed E-state index contributed by atoms with van der Waals surface area (Å²) >= 11 is 7.67. The van der Waals surface area contributed by atoms with Crippen molar-refractivity contribution in [2.24, 2.45) is 0 Å². The van der Waals surface area contributed by atoms with Gasteiger partial charge in [0.05, 0.1) is 12.2 Å². The molecule has 1 N–H and O–H groups in total. The lowest BCUT2D eigenvalue weighted by atomic mass is 10.2. The molecule has 0 aliphatic carbocycles. The van der Waals surface area contributed by atoms with Crippen LogP contribution in [0.1, 0.15) is 16.1 Å². The largest absolute Gasteiger partial charge is 0.348 e. The van der Waals surface area contributed by atoms with Crippen molar-refractivity contribution < 1.29 is 4.79 Å². The first-order valence-electron chi connectivity index (χ1n) is 7.85. The van der Waals surface area contributed by atoms with Crippen LogP contribution < -0.4 is 5.32 Å². The molecule has 5 heteroatoms. The Balaban J connectivity index is 1.63. The van der Waals surface area contributed by atoms with Gasteiger partial charge in [0, 0.05) is 21.5 Å². The molecule has 0 fully saturated rings. The van der Waals surface area contributed by atoms with Crippen LogP contribution in [-0.2, 0) is 11.3 Å². The third kappa shape index (κ3) is 4.56. The monoisotopic (exact) mass is 368 g/mol. The van der Waals surface area contributed by atoms with E-state index < -0.39 is 0 Å². The van der Waals surface area contributed by atoms with E-state index in [1.54, 1.807) is 23.5 Å². The van der Waals surface area contributed by atoms with Crippen LogP contribution in [0.4, 0.5) is 0 Å². The van der Waals surface area contributed by atoms with Gasteiger partial charge in [-0.3, -0.25) is 4.79 Å². The summed E-state index contributed by atoms with van der Waals surface area (Å²) in [4.78, 5) is 17.7. The first-order valence-corrected chi connectivity index (χ1v) is 9.05. The summed E-state index contributed by atoms with van der Waals surface area (Å²) in [5.74, 6) is -0.158. The second kappa shape index (κ2) is 8.10. The van der Waals surface area contributed by atoms with E-state index in [2.05, 4.69) is 10.3 Å². The second-order valence-corrected chi connectivity index (χ2v) is 6.96. The van der Waals surface area contributed by atoms with E-state index in [0.29, 0.717) is 11.6 Å². The molecule has 1 aromatic heterocycles. The minimum atomic E-state index is -0.158. The zero-order chi connectivity index (χ0) is 17.6. The van der Waals surface area contributed by atoms with Crippen LogP contribution in [0.15, 0.2) is 60.7 Å². The molecule has 0 bridgehead atoms. The molecule has 0 aliphatic heterocycles. The van der Waals surface area contributed by atoms with Crippen LogP contribution in [0.5, 0.6) is 0 Å². The van der Waals surface area contributed by atoms with Crippen LogP contribution in [0.25, 0.3) is 16.6 Å². The molecule has 0 aliphatic rings. The van der Waals surface area contributed by atoms with Gasteiger partial charge in [-0.1, -0.05) is 60.1 Å². The van der Waals surface area contributed by atoms with E-state index >= 15 is 0 Å². The highest BCUT2D eigenvalue weighted by Gasteiger charge is 2.09.